The summed E-state index contributed by atoms with van der Waals surface area (Å²) in [5, 5.41) is 10.8. The summed E-state index contributed by atoms with van der Waals surface area (Å²) in [7, 11) is 0. The standard InChI is InChI=1S/C16H18BrNO3/c1-14(2)15(3)8-9-16(14,12(17)13(15)19)10-4-6-11(7-5-10)18(20)21/h4-7,12H,8-9H2,1-3H3/t12-,15-,16+/m0/s1. The highest BCUT2D eigenvalue weighted by Gasteiger charge is 2.74. The Morgan fingerprint density at radius 1 is 1.19 bits per heavy atom. The van der Waals surface area contributed by atoms with Gasteiger partial charge in [-0.25, -0.2) is 0 Å². The minimum atomic E-state index is -0.392. The van der Waals surface area contributed by atoms with Gasteiger partial charge >= 0.3 is 0 Å². The number of hydrogen-bond acceptors (Lipinski definition) is 3. The lowest BCUT2D eigenvalue weighted by molar-refractivity contribution is -0.384. The molecule has 1 aromatic carbocycles. The van der Waals surface area contributed by atoms with E-state index in [0.29, 0.717) is 0 Å². The van der Waals surface area contributed by atoms with Crippen molar-refractivity contribution in [3.63, 3.8) is 0 Å². The van der Waals surface area contributed by atoms with Gasteiger partial charge in [0.15, 0.2) is 5.78 Å². The van der Waals surface area contributed by atoms with Gasteiger partial charge in [-0.15, -0.1) is 0 Å². The molecule has 4 nitrogen and oxygen atoms in total. The molecule has 0 spiro atoms. The van der Waals surface area contributed by atoms with Gasteiger partial charge in [0, 0.05) is 23.0 Å². The normalized spacial score (nSPS) is 37.0. The molecule has 3 rings (SSSR count). The van der Waals surface area contributed by atoms with Gasteiger partial charge in [-0.1, -0.05) is 48.8 Å². The number of benzene rings is 1. The zero-order valence-corrected chi connectivity index (χ0v) is 13.9. The van der Waals surface area contributed by atoms with E-state index in [1.165, 1.54) is 0 Å². The van der Waals surface area contributed by atoms with Crippen molar-refractivity contribution in [2.45, 2.75) is 43.9 Å². The predicted molar refractivity (Wildman–Crippen MR) is 83.6 cm³/mol. The molecule has 3 atom stereocenters. The fourth-order valence-corrected chi connectivity index (χ4v) is 6.05. The molecule has 2 aliphatic carbocycles. The minimum absolute atomic E-state index is 0.0872. The number of alkyl halides is 1. The topological polar surface area (TPSA) is 60.2 Å². The largest absolute Gasteiger partial charge is 0.298 e. The number of non-ortho nitro benzene ring substituents is 1. The van der Waals surface area contributed by atoms with E-state index < -0.39 is 4.92 Å². The average Bonchev–Trinajstić information content (AvgIpc) is 2.71. The number of Topliss-reactive ketones (excluding diaryl/α,β-unsaturated/α-hetero) is 1. The zero-order chi connectivity index (χ0) is 15.6. The first-order valence-electron chi connectivity index (χ1n) is 7.12. The number of carbonyl (C=O) groups is 1. The molecule has 5 heteroatoms. The van der Waals surface area contributed by atoms with E-state index in [2.05, 4.69) is 36.7 Å². The fourth-order valence-electron chi connectivity index (χ4n) is 4.47. The number of nitrogens with zero attached hydrogens (tertiary/aromatic N) is 1. The van der Waals surface area contributed by atoms with Gasteiger partial charge in [0.05, 0.1) is 9.75 Å². The number of nitro groups is 1. The summed E-state index contributed by atoms with van der Waals surface area (Å²) in [6, 6.07) is 6.72. The molecule has 0 aliphatic heterocycles. The second-order valence-electron chi connectivity index (χ2n) is 6.96. The Labute approximate surface area is 132 Å². The zero-order valence-electron chi connectivity index (χ0n) is 12.4. The van der Waals surface area contributed by atoms with Crippen molar-refractivity contribution in [2.75, 3.05) is 0 Å². The van der Waals surface area contributed by atoms with Gasteiger partial charge in [-0.2, -0.15) is 0 Å². The summed E-state index contributed by atoms with van der Waals surface area (Å²) in [4.78, 5) is 22.9. The maximum absolute atomic E-state index is 12.7. The lowest BCUT2D eigenvalue weighted by Crippen LogP contribution is -2.41. The molecule has 2 bridgehead atoms. The van der Waals surface area contributed by atoms with E-state index in [4.69, 9.17) is 0 Å². The molecular formula is C16H18BrNO3. The molecule has 2 fully saturated rings. The first-order valence-corrected chi connectivity index (χ1v) is 8.03. The number of carbonyl (C=O) groups excluding carboxylic acids is 1. The fraction of sp³-hybridized carbons (Fsp3) is 0.562. The summed E-state index contributed by atoms with van der Waals surface area (Å²) >= 11 is 3.63. The third-order valence-corrected chi connectivity index (χ3v) is 7.51. The van der Waals surface area contributed by atoms with Crippen molar-refractivity contribution in [2.24, 2.45) is 10.8 Å². The average molecular weight is 352 g/mol. The lowest BCUT2D eigenvalue weighted by Gasteiger charge is -2.41. The van der Waals surface area contributed by atoms with Crippen LogP contribution in [0.25, 0.3) is 0 Å². The van der Waals surface area contributed by atoms with E-state index in [-0.39, 0.29) is 32.5 Å². The summed E-state index contributed by atoms with van der Waals surface area (Å²) < 4.78 is 0. The molecule has 0 amide bonds. The lowest BCUT2D eigenvalue weighted by atomic mass is 9.62. The number of fused-ring (bicyclic) bond motifs is 2. The Hall–Kier alpha value is -1.23. The summed E-state index contributed by atoms with van der Waals surface area (Å²) in [6.07, 6.45) is 1.80. The van der Waals surface area contributed by atoms with E-state index in [9.17, 15) is 14.9 Å². The third kappa shape index (κ3) is 1.48. The van der Waals surface area contributed by atoms with Crippen molar-refractivity contribution in [1.29, 1.82) is 0 Å². The Bertz CT molecular complexity index is 639. The van der Waals surface area contributed by atoms with Crippen LogP contribution in [-0.2, 0) is 10.2 Å². The highest BCUT2D eigenvalue weighted by atomic mass is 79.9. The van der Waals surface area contributed by atoms with Crippen LogP contribution in [0.15, 0.2) is 24.3 Å². The van der Waals surface area contributed by atoms with Crippen molar-refractivity contribution in [3.05, 3.63) is 39.9 Å². The minimum Gasteiger partial charge on any atom is -0.298 e. The first kappa shape index (κ1) is 14.7. The van der Waals surface area contributed by atoms with Crippen molar-refractivity contribution in [1.82, 2.24) is 0 Å². The molecule has 1 aromatic rings. The van der Waals surface area contributed by atoms with Crippen LogP contribution in [0.5, 0.6) is 0 Å². The van der Waals surface area contributed by atoms with Crippen LogP contribution in [0, 0.1) is 20.9 Å². The number of halogens is 1. The second-order valence-corrected chi connectivity index (χ2v) is 7.87. The smallest absolute Gasteiger partial charge is 0.269 e. The maximum atomic E-state index is 12.7. The van der Waals surface area contributed by atoms with E-state index in [1.54, 1.807) is 12.1 Å². The SMILES string of the molecule is CC1(C)[C@@]2(C)CC[C@@]1(c1ccc([N+](=O)[O-])cc1)[C@@H](Br)C2=O. The second kappa shape index (κ2) is 4.15. The molecule has 0 unspecified atom stereocenters. The van der Waals surface area contributed by atoms with Crippen LogP contribution in [0.4, 0.5) is 5.69 Å². The van der Waals surface area contributed by atoms with E-state index in [0.717, 1.165) is 18.4 Å². The number of hydrogen-bond donors (Lipinski definition) is 0. The summed E-state index contributed by atoms with van der Waals surface area (Å²) in [5.74, 6) is 0.261. The maximum Gasteiger partial charge on any atom is 0.269 e. The van der Waals surface area contributed by atoms with Gasteiger partial charge in [-0.3, -0.25) is 14.9 Å². The molecule has 112 valence electrons. The number of ketones is 1. The number of nitro benzene ring substituents is 1. The molecule has 2 saturated carbocycles. The Kier molecular flexibility index (Phi) is 2.91. The van der Waals surface area contributed by atoms with E-state index in [1.807, 2.05) is 12.1 Å². The van der Waals surface area contributed by atoms with Gasteiger partial charge in [-0.05, 0) is 23.8 Å². The highest BCUT2D eigenvalue weighted by molar-refractivity contribution is 9.10. The van der Waals surface area contributed by atoms with Crippen LogP contribution < -0.4 is 0 Å². The van der Waals surface area contributed by atoms with Gasteiger partial charge < -0.3 is 0 Å². The van der Waals surface area contributed by atoms with Crippen molar-refractivity contribution < 1.29 is 9.72 Å². The Morgan fingerprint density at radius 3 is 2.19 bits per heavy atom. The highest BCUT2D eigenvalue weighted by Crippen LogP contribution is 2.72. The first-order chi connectivity index (χ1) is 9.68. The molecule has 0 aromatic heterocycles. The molecule has 0 radical (unpaired) electrons. The third-order valence-electron chi connectivity index (χ3n) is 6.31. The molecular weight excluding hydrogens is 334 g/mol. The van der Waals surface area contributed by atoms with Gasteiger partial charge in [0.25, 0.3) is 5.69 Å². The van der Waals surface area contributed by atoms with Crippen LogP contribution in [0.3, 0.4) is 0 Å². The molecule has 0 heterocycles. The van der Waals surface area contributed by atoms with Crippen LogP contribution in [-0.4, -0.2) is 15.5 Å². The van der Waals surface area contributed by atoms with Gasteiger partial charge in [0.2, 0.25) is 0 Å². The van der Waals surface area contributed by atoms with Crippen LogP contribution in [0.2, 0.25) is 0 Å². The monoisotopic (exact) mass is 351 g/mol. The molecule has 0 N–H and O–H groups in total. The molecule has 0 saturated heterocycles. The Morgan fingerprint density at radius 2 is 1.76 bits per heavy atom. The van der Waals surface area contributed by atoms with E-state index >= 15 is 0 Å². The van der Waals surface area contributed by atoms with Gasteiger partial charge in [0.1, 0.15) is 0 Å². The van der Waals surface area contributed by atoms with Crippen molar-refractivity contribution in [3.8, 4) is 0 Å². The van der Waals surface area contributed by atoms with Crippen LogP contribution in [0.1, 0.15) is 39.2 Å². The Balaban J connectivity index is 2.16. The molecule has 2 aliphatic rings. The quantitative estimate of drug-likeness (QED) is 0.459. The molecule has 21 heavy (non-hydrogen) atoms. The summed E-state index contributed by atoms with van der Waals surface area (Å²) in [6.45, 7) is 6.37. The van der Waals surface area contributed by atoms with Crippen LogP contribution >= 0.6 is 15.9 Å². The van der Waals surface area contributed by atoms with Crippen molar-refractivity contribution >= 4 is 27.4 Å². The number of rotatable bonds is 2. The predicted octanol–water partition coefficient (Wildman–Crippen LogP) is 4.01. The summed E-state index contributed by atoms with van der Waals surface area (Å²) in [5.41, 5.74) is 0.317.